The Morgan fingerprint density at radius 2 is 1.18 bits per heavy atom. The Balaban J connectivity index is 1.49. The van der Waals surface area contributed by atoms with E-state index in [0.717, 1.165) is 5.69 Å². The molecule has 1 aliphatic rings. The summed E-state index contributed by atoms with van der Waals surface area (Å²) >= 11 is 0. The molecule has 1 aliphatic carbocycles. The lowest BCUT2D eigenvalue weighted by atomic mass is 9.78. The SMILES string of the molecule is CC1(C)c2c(ccnc2-c2ccc3c(ccc4ccccc43)c2)-c2ccc3ccccc3c21. The van der Waals surface area contributed by atoms with Gasteiger partial charge in [-0.1, -0.05) is 98.8 Å². The highest BCUT2D eigenvalue weighted by Crippen LogP contribution is 2.53. The molecular weight excluding hydrogens is 398 g/mol. The van der Waals surface area contributed by atoms with E-state index in [1.807, 2.05) is 6.20 Å². The summed E-state index contributed by atoms with van der Waals surface area (Å²) in [5.74, 6) is 0. The fourth-order valence-corrected chi connectivity index (χ4v) is 5.99. The van der Waals surface area contributed by atoms with Gasteiger partial charge in [0.25, 0.3) is 0 Å². The number of hydrogen-bond acceptors (Lipinski definition) is 1. The van der Waals surface area contributed by atoms with Crippen LogP contribution in [0.2, 0.25) is 0 Å². The van der Waals surface area contributed by atoms with Crippen molar-refractivity contribution in [1.82, 2.24) is 4.98 Å². The lowest BCUT2D eigenvalue weighted by molar-refractivity contribution is 0.665. The van der Waals surface area contributed by atoms with Gasteiger partial charge < -0.3 is 0 Å². The van der Waals surface area contributed by atoms with Crippen molar-refractivity contribution in [3.8, 4) is 22.4 Å². The summed E-state index contributed by atoms with van der Waals surface area (Å²) in [5.41, 5.74) is 7.53. The summed E-state index contributed by atoms with van der Waals surface area (Å²) in [6.07, 6.45) is 1.97. The highest BCUT2D eigenvalue weighted by molar-refractivity contribution is 6.08. The second kappa shape index (κ2) is 6.52. The topological polar surface area (TPSA) is 12.9 Å². The summed E-state index contributed by atoms with van der Waals surface area (Å²) in [6.45, 7) is 4.70. The molecule has 0 amide bonds. The first-order valence-electron chi connectivity index (χ1n) is 11.6. The molecular formula is C32H23N. The van der Waals surface area contributed by atoms with Crippen LogP contribution in [0.3, 0.4) is 0 Å². The Morgan fingerprint density at radius 3 is 2.03 bits per heavy atom. The Bertz CT molecular complexity index is 1740. The van der Waals surface area contributed by atoms with Crippen LogP contribution in [0, 0.1) is 0 Å². The normalized spacial score (nSPS) is 14.0. The van der Waals surface area contributed by atoms with Crippen molar-refractivity contribution >= 4 is 32.3 Å². The zero-order valence-electron chi connectivity index (χ0n) is 18.8. The Labute approximate surface area is 193 Å². The highest BCUT2D eigenvalue weighted by Gasteiger charge is 2.39. The third-order valence-corrected chi connectivity index (χ3v) is 7.44. The van der Waals surface area contributed by atoms with Gasteiger partial charge in [-0.25, -0.2) is 0 Å². The number of benzene rings is 5. The number of aromatic nitrogens is 1. The van der Waals surface area contributed by atoms with Gasteiger partial charge in [-0.15, -0.1) is 0 Å². The molecule has 0 bridgehead atoms. The largest absolute Gasteiger partial charge is 0.256 e. The van der Waals surface area contributed by atoms with Gasteiger partial charge in [0, 0.05) is 17.2 Å². The van der Waals surface area contributed by atoms with E-state index in [2.05, 4.69) is 111 Å². The van der Waals surface area contributed by atoms with Gasteiger partial charge in [0.05, 0.1) is 5.69 Å². The number of hydrogen-bond donors (Lipinski definition) is 0. The average molecular weight is 422 g/mol. The third kappa shape index (κ3) is 2.51. The Hall–Kier alpha value is -3.97. The molecule has 156 valence electrons. The molecule has 5 aromatic carbocycles. The van der Waals surface area contributed by atoms with Crippen molar-refractivity contribution in [3.63, 3.8) is 0 Å². The number of rotatable bonds is 1. The molecule has 1 aromatic heterocycles. The molecule has 0 saturated heterocycles. The van der Waals surface area contributed by atoms with E-state index in [-0.39, 0.29) is 5.41 Å². The van der Waals surface area contributed by atoms with Crippen LogP contribution in [0.15, 0.2) is 103 Å². The lowest BCUT2D eigenvalue weighted by Gasteiger charge is -2.25. The zero-order valence-corrected chi connectivity index (χ0v) is 18.8. The third-order valence-electron chi connectivity index (χ3n) is 7.44. The summed E-state index contributed by atoms with van der Waals surface area (Å²) in [7, 11) is 0. The molecule has 0 N–H and O–H groups in total. The molecule has 1 nitrogen and oxygen atoms in total. The fourth-order valence-electron chi connectivity index (χ4n) is 5.99. The van der Waals surface area contributed by atoms with E-state index in [4.69, 9.17) is 4.98 Å². The first-order chi connectivity index (χ1) is 16.1. The summed E-state index contributed by atoms with van der Waals surface area (Å²) in [6, 6.07) is 35.3. The van der Waals surface area contributed by atoms with Crippen LogP contribution < -0.4 is 0 Å². The van der Waals surface area contributed by atoms with Crippen LogP contribution in [0.1, 0.15) is 25.0 Å². The molecule has 0 spiro atoms. The van der Waals surface area contributed by atoms with Crippen LogP contribution in [0.4, 0.5) is 0 Å². The van der Waals surface area contributed by atoms with E-state index in [1.54, 1.807) is 0 Å². The fraction of sp³-hybridized carbons (Fsp3) is 0.0938. The van der Waals surface area contributed by atoms with Gasteiger partial charge in [-0.05, 0) is 66.7 Å². The molecule has 1 heterocycles. The standard InChI is InChI=1S/C32H23N/c1-32(2)29-26-10-6-4-8-21(26)13-16-27(29)28-17-18-33-31(30(28)32)23-14-15-25-22(19-23)12-11-20-7-3-5-9-24(20)25/h3-19H,1-2H3. The van der Waals surface area contributed by atoms with Crippen LogP contribution in [0.5, 0.6) is 0 Å². The number of fused-ring (bicyclic) bond motifs is 8. The van der Waals surface area contributed by atoms with Gasteiger partial charge in [0.1, 0.15) is 0 Å². The molecule has 0 radical (unpaired) electrons. The van der Waals surface area contributed by atoms with E-state index >= 15 is 0 Å². The molecule has 6 aromatic rings. The first kappa shape index (κ1) is 18.6. The van der Waals surface area contributed by atoms with Crippen molar-refractivity contribution in [2.75, 3.05) is 0 Å². The van der Waals surface area contributed by atoms with E-state index in [0.29, 0.717) is 0 Å². The Kier molecular flexibility index (Phi) is 3.67. The highest BCUT2D eigenvalue weighted by atomic mass is 14.7. The summed E-state index contributed by atoms with van der Waals surface area (Å²) < 4.78 is 0. The number of nitrogens with zero attached hydrogens (tertiary/aromatic N) is 1. The summed E-state index contributed by atoms with van der Waals surface area (Å²) in [5, 5.41) is 7.76. The quantitative estimate of drug-likeness (QED) is 0.242. The summed E-state index contributed by atoms with van der Waals surface area (Å²) in [4.78, 5) is 4.95. The van der Waals surface area contributed by atoms with Crippen LogP contribution in [0.25, 0.3) is 54.7 Å². The minimum atomic E-state index is -0.131. The monoisotopic (exact) mass is 421 g/mol. The number of pyridine rings is 1. The maximum Gasteiger partial charge on any atom is 0.0749 e. The van der Waals surface area contributed by atoms with E-state index < -0.39 is 0 Å². The maximum absolute atomic E-state index is 4.95. The molecule has 7 rings (SSSR count). The minimum Gasteiger partial charge on any atom is -0.256 e. The van der Waals surface area contributed by atoms with Gasteiger partial charge >= 0.3 is 0 Å². The zero-order chi connectivity index (χ0) is 22.2. The molecule has 1 heteroatoms. The van der Waals surface area contributed by atoms with Crippen molar-refractivity contribution < 1.29 is 0 Å². The molecule has 0 saturated carbocycles. The van der Waals surface area contributed by atoms with Gasteiger partial charge in [0.15, 0.2) is 0 Å². The molecule has 33 heavy (non-hydrogen) atoms. The smallest absolute Gasteiger partial charge is 0.0749 e. The van der Waals surface area contributed by atoms with Gasteiger partial charge in [-0.3, -0.25) is 4.98 Å². The van der Waals surface area contributed by atoms with Gasteiger partial charge in [0.2, 0.25) is 0 Å². The predicted molar refractivity (Wildman–Crippen MR) is 140 cm³/mol. The van der Waals surface area contributed by atoms with Crippen LogP contribution in [-0.2, 0) is 5.41 Å². The van der Waals surface area contributed by atoms with Crippen molar-refractivity contribution in [3.05, 3.63) is 114 Å². The molecule has 0 fully saturated rings. The Morgan fingerprint density at radius 1 is 0.545 bits per heavy atom. The van der Waals surface area contributed by atoms with Crippen molar-refractivity contribution in [1.29, 1.82) is 0 Å². The second-order valence-corrected chi connectivity index (χ2v) is 9.64. The molecule has 0 unspecified atom stereocenters. The minimum absolute atomic E-state index is 0.131. The van der Waals surface area contributed by atoms with Gasteiger partial charge in [-0.2, -0.15) is 0 Å². The van der Waals surface area contributed by atoms with Crippen molar-refractivity contribution in [2.24, 2.45) is 0 Å². The lowest BCUT2D eigenvalue weighted by Crippen LogP contribution is -2.17. The molecule has 0 atom stereocenters. The van der Waals surface area contributed by atoms with Crippen LogP contribution >= 0.6 is 0 Å². The van der Waals surface area contributed by atoms with E-state index in [9.17, 15) is 0 Å². The average Bonchev–Trinajstić information content (AvgIpc) is 3.11. The maximum atomic E-state index is 4.95. The first-order valence-corrected chi connectivity index (χ1v) is 11.6. The second-order valence-electron chi connectivity index (χ2n) is 9.64. The molecule has 0 aliphatic heterocycles. The van der Waals surface area contributed by atoms with Crippen molar-refractivity contribution in [2.45, 2.75) is 19.3 Å². The van der Waals surface area contributed by atoms with E-state index in [1.165, 1.54) is 60.1 Å². The predicted octanol–water partition coefficient (Wildman–Crippen LogP) is 8.51. The van der Waals surface area contributed by atoms with Crippen LogP contribution in [-0.4, -0.2) is 4.98 Å².